The first-order valence-electron chi connectivity index (χ1n) is 22.6. The third kappa shape index (κ3) is 6.78. The van der Waals surface area contributed by atoms with Crippen LogP contribution in [-0.2, 0) is 0 Å². The van der Waals surface area contributed by atoms with Gasteiger partial charge >= 0.3 is 0 Å². The van der Waals surface area contributed by atoms with Crippen molar-refractivity contribution >= 4 is 43.6 Å². The van der Waals surface area contributed by atoms with Gasteiger partial charge in [-0.3, -0.25) is 4.57 Å². The molecule has 0 aliphatic carbocycles. The van der Waals surface area contributed by atoms with Crippen LogP contribution in [0.4, 0.5) is 0 Å². The summed E-state index contributed by atoms with van der Waals surface area (Å²) in [5, 5.41) is 4.47. The molecule has 13 aromatic rings. The molecule has 0 saturated carbocycles. The van der Waals surface area contributed by atoms with Crippen LogP contribution in [0, 0.1) is 0 Å². The van der Waals surface area contributed by atoms with Crippen molar-refractivity contribution in [2.75, 3.05) is 0 Å². The first-order valence-corrected chi connectivity index (χ1v) is 22.6. The fraction of sp³-hybridized carbons (Fsp3) is 0. The minimum Gasteiger partial charge on any atom is -0.309 e. The second kappa shape index (κ2) is 16.2. The zero-order valence-electron chi connectivity index (χ0n) is 36.5. The van der Waals surface area contributed by atoms with Gasteiger partial charge in [0.25, 0.3) is 0 Å². The van der Waals surface area contributed by atoms with Gasteiger partial charge in [-0.25, -0.2) is 19.9 Å². The molecule has 8 nitrogen and oxygen atoms in total. The summed E-state index contributed by atoms with van der Waals surface area (Å²) < 4.78 is 4.54. The van der Waals surface area contributed by atoms with Gasteiger partial charge in [-0.2, -0.15) is 9.97 Å². The first kappa shape index (κ1) is 39.0. The van der Waals surface area contributed by atoms with Gasteiger partial charge in [-0.15, -0.1) is 0 Å². The summed E-state index contributed by atoms with van der Waals surface area (Å²) in [6, 6.07) is 79.4. The Morgan fingerprint density at radius 1 is 0.221 bits per heavy atom. The maximum Gasteiger partial charge on any atom is 0.238 e. The predicted molar refractivity (Wildman–Crippen MR) is 275 cm³/mol. The van der Waals surface area contributed by atoms with E-state index in [0.29, 0.717) is 35.1 Å². The molecule has 0 atom stereocenters. The highest BCUT2D eigenvalue weighted by molar-refractivity contribution is 6.19. The van der Waals surface area contributed by atoms with E-state index in [2.05, 4.69) is 143 Å². The van der Waals surface area contributed by atoms with E-state index in [4.69, 9.17) is 29.9 Å². The highest BCUT2D eigenvalue weighted by atomic mass is 15.2. The second-order valence-corrected chi connectivity index (χ2v) is 16.8. The third-order valence-electron chi connectivity index (χ3n) is 12.7. The van der Waals surface area contributed by atoms with E-state index in [0.717, 1.165) is 88.2 Å². The minimum absolute atomic E-state index is 0.559. The predicted octanol–water partition coefficient (Wildman–Crippen LogP) is 14.3. The van der Waals surface area contributed by atoms with Crippen LogP contribution in [0.5, 0.6) is 0 Å². The fourth-order valence-electron chi connectivity index (χ4n) is 9.37. The number of para-hydroxylation sites is 2. The van der Waals surface area contributed by atoms with E-state index >= 15 is 0 Å². The molecule has 13 rings (SSSR count). The van der Waals surface area contributed by atoms with Crippen molar-refractivity contribution in [1.82, 2.24) is 39.0 Å². The van der Waals surface area contributed by atoms with Crippen LogP contribution in [0.25, 0.3) is 123 Å². The number of hydrogen-bond donors (Lipinski definition) is 0. The Kier molecular flexibility index (Phi) is 9.31. The molecular formula is C60H38N8. The van der Waals surface area contributed by atoms with Gasteiger partial charge in [0.1, 0.15) is 0 Å². The van der Waals surface area contributed by atoms with Gasteiger partial charge in [0.15, 0.2) is 29.1 Å². The van der Waals surface area contributed by atoms with E-state index in [1.165, 1.54) is 0 Å². The Morgan fingerprint density at radius 3 is 0.985 bits per heavy atom. The number of hydrogen-bond acceptors (Lipinski definition) is 6. The highest BCUT2D eigenvalue weighted by Crippen LogP contribution is 2.40. The Bertz CT molecular complexity index is 3920. The van der Waals surface area contributed by atoms with E-state index in [1.807, 2.05) is 97.1 Å². The summed E-state index contributed by atoms with van der Waals surface area (Å²) in [5.74, 6) is 3.63. The highest BCUT2D eigenvalue weighted by Gasteiger charge is 2.22. The van der Waals surface area contributed by atoms with Gasteiger partial charge < -0.3 is 4.57 Å². The molecule has 0 unspecified atom stereocenters. The minimum atomic E-state index is 0.559. The van der Waals surface area contributed by atoms with E-state index < -0.39 is 0 Å². The summed E-state index contributed by atoms with van der Waals surface area (Å²) in [7, 11) is 0. The molecule has 0 radical (unpaired) electrons. The zero-order valence-corrected chi connectivity index (χ0v) is 36.5. The SMILES string of the molecule is c1ccc(-c2ccc(-c3nc(-c4ccccc4)nc(-c4ccc(-n5c6ccccc6c6cc7c(cc65)c5ccccc5n7-c5nc(-c6ccccc6)nc(-c6ccccc6)n5)cc4)n3)cc2)cc1. The van der Waals surface area contributed by atoms with Crippen LogP contribution in [0.1, 0.15) is 0 Å². The lowest BCUT2D eigenvalue weighted by atomic mass is 10.0. The van der Waals surface area contributed by atoms with Gasteiger partial charge in [0.2, 0.25) is 5.95 Å². The quantitative estimate of drug-likeness (QED) is 0.151. The lowest BCUT2D eigenvalue weighted by Crippen LogP contribution is -2.06. The molecule has 4 aromatic heterocycles. The number of nitrogens with zero attached hydrogens (tertiary/aromatic N) is 8. The Labute approximate surface area is 391 Å². The lowest BCUT2D eigenvalue weighted by molar-refractivity contribution is 0.954. The summed E-state index contributed by atoms with van der Waals surface area (Å²) in [6.07, 6.45) is 0. The van der Waals surface area contributed by atoms with E-state index in [1.54, 1.807) is 0 Å². The monoisotopic (exact) mass is 870 g/mol. The van der Waals surface area contributed by atoms with Crippen LogP contribution in [0.15, 0.2) is 231 Å². The molecule has 8 heteroatoms. The average Bonchev–Trinajstić information content (AvgIpc) is 3.93. The maximum atomic E-state index is 5.18. The summed E-state index contributed by atoms with van der Waals surface area (Å²) in [6.45, 7) is 0. The summed E-state index contributed by atoms with van der Waals surface area (Å²) in [4.78, 5) is 30.5. The zero-order chi connectivity index (χ0) is 45.0. The van der Waals surface area contributed by atoms with Crippen molar-refractivity contribution in [3.63, 3.8) is 0 Å². The number of rotatable bonds is 8. The molecule has 0 aliphatic rings. The van der Waals surface area contributed by atoms with Crippen LogP contribution >= 0.6 is 0 Å². The van der Waals surface area contributed by atoms with Gasteiger partial charge in [-0.05, 0) is 59.7 Å². The van der Waals surface area contributed by atoms with E-state index in [9.17, 15) is 0 Å². The topological polar surface area (TPSA) is 87.2 Å². The maximum absolute atomic E-state index is 5.18. The molecule has 0 fully saturated rings. The smallest absolute Gasteiger partial charge is 0.238 e. The summed E-state index contributed by atoms with van der Waals surface area (Å²) in [5.41, 5.74) is 12.1. The number of fused-ring (bicyclic) bond motifs is 6. The van der Waals surface area contributed by atoms with Crippen LogP contribution in [0.3, 0.4) is 0 Å². The number of benzene rings is 9. The molecule has 0 amide bonds. The summed E-state index contributed by atoms with van der Waals surface area (Å²) >= 11 is 0. The van der Waals surface area contributed by atoms with Gasteiger partial charge in [0.05, 0.1) is 22.1 Å². The van der Waals surface area contributed by atoms with Crippen molar-refractivity contribution in [2.45, 2.75) is 0 Å². The van der Waals surface area contributed by atoms with Gasteiger partial charge in [-0.1, -0.05) is 182 Å². The third-order valence-corrected chi connectivity index (χ3v) is 12.7. The fourth-order valence-corrected chi connectivity index (χ4v) is 9.37. The van der Waals surface area contributed by atoms with Crippen molar-refractivity contribution < 1.29 is 0 Å². The average molecular weight is 871 g/mol. The lowest BCUT2D eigenvalue weighted by Gasteiger charge is -2.12. The van der Waals surface area contributed by atoms with Crippen molar-refractivity contribution in [1.29, 1.82) is 0 Å². The molecule has 0 spiro atoms. The largest absolute Gasteiger partial charge is 0.309 e. The van der Waals surface area contributed by atoms with Gasteiger partial charge in [0, 0.05) is 55.0 Å². The normalized spacial score (nSPS) is 11.5. The molecular weight excluding hydrogens is 833 g/mol. The molecule has 0 saturated heterocycles. The molecule has 68 heavy (non-hydrogen) atoms. The molecule has 0 aliphatic heterocycles. The van der Waals surface area contributed by atoms with Crippen molar-refractivity contribution in [3.05, 3.63) is 231 Å². The molecule has 0 N–H and O–H groups in total. The van der Waals surface area contributed by atoms with Crippen LogP contribution in [0.2, 0.25) is 0 Å². The van der Waals surface area contributed by atoms with Crippen LogP contribution < -0.4 is 0 Å². The first-order chi connectivity index (χ1) is 33.7. The Balaban J connectivity index is 0.953. The van der Waals surface area contributed by atoms with Crippen molar-refractivity contribution in [2.24, 2.45) is 0 Å². The Morgan fingerprint density at radius 2 is 0.529 bits per heavy atom. The molecule has 9 aromatic carbocycles. The Hall–Kier alpha value is -9.40. The molecule has 0 bridgehead atoms. The molecule has 318 valence electrons. The number of aromatic nitrogens is 8. The second-order valence-electron chi connectivity index (χ2n) is 16.8. The molecule has 4 heterocycles. The van der Waals surface area contributed by atoms with Crippen LogP contribution in [-0.4, -0.2) is 39.0 Å². The standard InChI is InChI=1S/C60H38N8/c1-5-17-39(18-6-1)40-29-31-44(32-30-40)56-61-55(41-19-7-2-8-20-41)62-57(63-56)45-33-35-46(36-34-45)67-51-27-15-13-25-47(51)49-38-54-50(37-53(49)67)48-26-14-16-28-52(48)68(54)60-65-58(42-21-9-3-10-22-42)64-59(66-60)43-23-11-4-12-24-43/h1-38H. The van der Waals surface area contributed by atoms with Crippen molar-refractivity contribution in [3.8, 4) is 79.7 Å². The van der Waals surface area contributed by atoms with E-state index in [-0.39, 0.29) is 0 Å².